The molecule has 0 aliphatic carbocycles. The molecule has 1 aliphatic heterocycles. The van der Waals surface area contributed by atoms with E-state index in [1.165, 1.54) is 12.1 Å². The summed E-state index contributed by atoms with van der Waals surface area (Å²) in [5.74, 6) is -0.157. The van der Waals surface area contributed by atoms with Crippen LogP contribution in [-0.2, 0) is 0 Å². The van der Waals surface area contributed by atoms with Crippen molar-refractivity contribution in [2.45, 2.75) is 19.9 Å². The lowest BCUT2D eigenvalue weighted by Crippen LogP contribution is -2.50. The molecule has 27 heavy (non-hydrogen) atoms. The number of fused-ring (bicyclic) bond motifs is 1. The first-order valence-electron chi connectivity index (χ1n) is 9.43. The number of hydrogen-bond acceptors (Lipinski definition) is 2. The number of carbonyl (C=O) groups is 1. The van der Waals surface area contributed by atoms with Crippen LogP contribution in [0, 0.1) is 5.82 Å². The minimum Gasteiger partial charge on any atom is -0.336 e. The molecule has 140 valence electrons. The fraction of sp³-hybridized carbons (Fsp3) is 0.318. The number of halogens is 1. The highest BCUT2D eigenvalue weighted by atomic mass is 19.1. The maximum atomic E-state index is 13.2. The van der Waals surface area contributed by atoms with Crippen molar-refractivity contribution in [1.82, 2.24) is 14.4 Å². The Morgan fingerprint density at radius 1 is 0.963 bits per heavy atom. The van der Waals surface area contributed by atoms with Crippen LogP contribution in [0.5, 0.6) is 0 Å². The summed E-state index contributed by atoms with van der Waals surface area (Å²) in [5.41, 5.74) is 2.62. The molecule has 1 amide bonds. The van der Waals surface area contributed by atoms with E-state index in [-0.39, 0.29) is 11.7 Å². The highest BCUT2D eigenvalue weighted by Crippen LogP contribution is 2.23. The van der Waals surface area contributed by atoms with Crippen molar-refractivity contribution in [2.24, 2.45) is 0 Å². The Bertz CT molecular complexity index is 953. The van der Waals surface area contributed by atoms with Gasteiger partial charge in [-0.25, -0.2) is 4.39 Å². The molecule has 0 atom stereocenters. The number of carbonyl (C=O) groups excluding carboxylic acids is 1. The lowest BCUT2D eigenvalue weighted by Gasteiger charge is -2.37. The van der Waals surface area contributed by atoms with Crippen molar-refractivity contribution in [3.63, 3.8) is 0 Å². The molecule has 0 N–H and O–H groups in total. The third-order valence-electron chi connectivity index (χ3n) is 5.37. The second-order valence-electron chi connectivity index (χ2n) is 7.36. The van der Waals surface area contributed by atoms with Crippen LogP contribution in [0.4, 0.5) is 4.39 Å². The van der Waals surface area contributed by atoms with Crippen molar-refractivity contribution >= 4 is 16.8 Å². The van der Waals surface area contributed by atoms with Crippen molar-refractivity contribution in [2.75, 3.05) is 26.2 Å². The Morgan fingerprint density at radius 3 is 2.33 bits per heavy atom. The van der Waals surface area contributed by atoms with E-state index in [9.17, 15) is 9.18 Å². The molecule has 2 heterocycles. The SMILES string of the molecule is CC(C)N1CCN(C(=O)c2ccc3c(ccn3-c3ccc(F)cc3)c2)CC1. The first-order valence-corrected chi connectivity index (χ1v) is 9.43. The molecule has 0 unspecified atom stereocenters. The van der Waals surface area contributed by atoms with Crippen LogP contribution in [0.2, 0.25) is 0 Å². The smallest absolute Gasteiger partial charge is 0.253 e. The van der Waals surface area contributed by atoms with Crippen molar-refractivity contribution < 1.29 is 9.18 Å². The molecule has 1 aromatic heterocycles. The number of amides is 1. The van der Waals surface area contributed by atoms with E-state index in [2.05, 4.69) is 18.7 Å². The molecule has 1 fully saturated rings. The lowest BCUT2D eigenvalue weighted by molar-refractivity contribution is 0.0595. The van der Waals surface area contributed by atoms with E-state index in [1.807, 2.05) is 39.9 Å². The van der Waals surface area contributed by atoms with Gasteiger partial charge in [0.25, 0.3) is 5.91 Å². The van der Waals surface area contributed by atoms with E-state index in [0.29, 0.717) is 6.04 Å². The van der Waals surface area contributed by atoms with Crippen molar-refractivity contribution in [3.8, 4) is 5.69 Å². The molecular formula is C22H24FN3O. The van der Waals surface area contributed by atoms with Crippen LogP contribution in [0.1, 0.15) is 24.2 Å². The molecular weight excluding hydrogens is 341 g/mol. The monoisotopic (exact) mass is 365 g/mol. The zero-order valence-corrected chi connectivity index (χ0v) is 15.7. The molecule has 1 saturated heterocycles. The van der Waals surface area contributed by atoms with E-state index >= 15 is 0 Å². The molecule has 2 aromatic carbocycles. The molecule has 5 heteroatoms. The molecule has 4 nitrogen and oxygen atoms in total. The highest BCUT2D eigenvalue weighted by molar-refractivity contribution is 5.98. The number of hydrogen-bond donors (Lipinski definition) is 0. The number of nitrogens with zero attached hydrogens (tertiary/aromatic N) is 3. The summed E-state index contributed by atoms with van der Waals surface area (Å²) >= 11 is 0. The third-order valence-corrected chi connectivity index (χ3v) is 5.37. The average molecular weight is 365 g/mol. The number of rotatable bonds is 3. The maximum absolute atomic E-state index is 13.2. The molecule has 0 bridgehead atoms. The predicted molar refractivity (Wildman–Crippen MR) is 106 cm³/mol. The summed E-state index contributed by atoms with van der Waals surface area (Å²) in [6.45, 7) is 7.77. The van der Waals surface area contributed by atoms with E-state index in [0.717, 1.165) is 48.3 Å². The highest BCUT2D eigenvalue weighted by Gasteiger charge is 2.23. The quantitative estimate of drug-likeness (QED) is 0.703. The molecule has 0 spiro atoms. The fourth-order valence-corrected chi connectivity index (χ4v) is 3.73. The Labute approximate surface area is 158 Å². The van der Waals surface area contributed by atoms with Gasteiger partial charge in [0.1, 0.15) is 5.82 Å². The van der Waals surface area contributed by atoms with Crippen LogP contribution in [0.15, 0.2) is 54.7 Å². The predicted octanol–water partition coefficient (Wildman–Crippen LogP) is 3.94. The molecule has 0 radical (unpaired) electrons. The zero-order valence-electron chi connectivity index (χ0n) is 15.7. The van der Waals surface area contributed by atoms with E-state index in [1.54, 1.807) is 12.1 Å². The normalized spacial score (nSPS) is 15.6. The molecule has 1 aliphatic rings. The number of piperazine rings is 1. The molecule has 0 saturated carbocycles. The van der Waals surface area contributed by atoms with Gasteiger partial charge < -0.3 is 9.47 Å². The minimum atomic E-state index is -0.249. The third kappa shape index (κ3) is 3.47. The number of aromatic nitrogens is 1. The van der Waals surface area contributed by atoms with Gasteiger partial charge in [-0.3, -0.25) is 9.69 Å². The van der Waals surface area contributed by atoms with Gasteiger partial charge in [0.05, 0.1) is 5.52 Å². The van der Waals surface area contributed by atoms with E-state index < -0.39 is 0 Å². The van der Waals surface area contributed by atoms with Gasteiger partial charge in [0.2, 0.25) is 0 Å². The first kappa shape index (κ1) is 17.7. The van der Waals surface area contributed by atoms with Gasteiger partial charge in [-0.2, -0.15) is 0 Å². The Kier molecular flexibility index (Phi) is 4.70. The van der Waals surface area contributed by atoms with Gasteiger partial charge in [0.15, 0.2) is 0 Å². The summed E-state index contributed by atoms with van der Waals surface area (Å²) in [4.78, 5) is 17.2. The lowest BCUT2D eigenvalue weighted by atomic mass is 10.1. The van der Waals surface area contributed by atoms with Crippen LogP contribution in [-0.4, -0.2) is 52.5 Å². The van der Waals surface area contributed by atoms with Crippen LogP contribution < -0.4 is 0 Å². The summed E-state index contributed by atoms with van der Waals surface area (Å²) in [6.07, 6.45) is 1.95. The van der Waals surface area contributed by atoms with Crippen LogP contribution in [0.3, 0.4) is 0 Å². The summed E-state index contributed by atoms with van der Waals surface area (Å²) in [7, 11) is 0. The maximum Gasteiger partial charge on any atom is 0.253 e. The minimum absolute atomic E-state index is 0.0924. The average Bonchev–Trinajstić information content (AvgIpc) is 3.11. The molecule has 4 rings (SSSR count). The first-order chi connectivity index (χ1) is 13.0. The van der Waals surface area contributed by atoms with E-state index in [4.69, 9.17) is 0 Å². The standard InChI is InChI=1S/C22H24FN3O/c1-16(2)24-11-13-25(14-12-24)22(27)18-3-8-21-17(15-18)9-10-26(21)20-6-4-19(23)5-7-20/h3-10,15-16H,11-14H2,1-2H3. The topological polar surface area (TPSA) is 28.5 Å². The Balaban J connectivity index is 1.56. The summed E-state index contributed by atoms with van der Waals surface area (Å²) in [5, 5.41) is 1.01. The second kappa shape index (κ2) is 7.16. The van der Waals surface area contributed by atoms with Crippen molar-refractivity contribution in [1.29, 1.82) is 0 Å². The zero-order chi connectivity index (χ0) is 19.0. The van der Waals surface area contributed by atoms with Crippen molar-refractivity contribution in [3.05, 3.63) is 66.1 Å². The largest absolute Gasteiger partial charge is 0.336 e. The Hall–Kier alpha value is -2.66. The van der Waals surface area contributed by atoms with Gasteiger partial charge >= 0.3 is 0 Å². The summed E-state index contributed by atoms with van der Waals surface area (Å²) in [6, 6.07) is 14.7. The summed E-state index contributed by atoms with van der Waals surface area (Å²) < 4.78 is 15.2. The number of benzene rings is 2. The van der Waals surface area contributed by atoms with Gasteiger partial charge in [-0.05, 0) is 62.4 Å². The van der Waals surface area contributed by atoms with Gasteiger partial charge in [0, 0.05) is 55.1 Å². The Morgan fingerprint density at radius 2 is 1.67 bits per heavy atom. The van der Waals surface area contributed by atoms with Crippen LogP contribution in [0.25, 0.3) is 16.6 Å². The van der Waals surface area contributed by atoms with Crippen LogP contribution >= 0.6 is 0 Å². The molecule has 3 aromatic rings. The fourth-order valence-electron chi connectivity index (χ4n) is 3.73. The van der Waals surface area contributed by atoms with Gasteiger partial charge in [-0.15, -0.1) is 0 Å². The van der Waals surface area contributed by atoms with Gasteiger partial charge in [-0.1, -0.05) is 0 Å². The second-order valence-corrected chi connectivity index (χ2v) is 7.36.